The Morgan fingerprint density at radius 1 is 1.23 bits per heavy atom. The highest BCUT2D eigenvalue weighted by molar-refractivity contribution is 5.34. The Balaban J connectivity index is 3.02. The predicted octanol–water partition coefficient (Wildman–Crippen LogP) is 3.45. The van der Waals surface area contributed by atoms with Gasteiger partial charge in [-0.25, -0.2) is 0 Å². The van der Waals surface area contributed by atoms with Gasteiger partial charge in [0.15, 0.2) is 0 Å². The van der Waals surface area contributed by atoms with Gasteiger partial charge < -0.3 is 4.74 Å². The summed E-state index contributed by atoms with van der Waals surface area (Å²) in [7, 11) is 1.72. The van der Waals surface area contributed by atoms with Crippen LogP contribution in [0.1, 0.15) is 27.2 Å². The normalized spacial score (nSPS) is 20.3. The second-order valence-corrected chi connectivity index (χ2v) is 3.94. The smallest absolute Gasteiger partial charge is 0.121 e. The number of ether oxygens (including phenoxy) is 1. The van der Waals surface area contributed by atoms with Gasteiger partial charge in [-0.3, -0.25) is 0 Å². The maximum Gasteiger partial charge on any atom is 0.121 e. The fraction of sp³-hybridized carbons (Fsp3) is 0.500. The van der Waals surface area contributed by atoms with Crippen LogP contribution in [0.3, 0.4) is 0 Å². The summed E-state index contributed by atoms with van der Waals surface area (Å²) in [5.41, 5.74) is 1.41. The number of methoxy groups -OCH3 is 1. The highest BCUT2D eigenvalue weighted by Crippen LogP contribution is 2.26. The van der Waals surface area contributed by atoms with Crippen molar-refractivity contribution in [3.63, 3.8) is 0 Å². The highest BCUT2D eigenvalue weighted by Gasteiger charge is 2.13. The van der Waals surface area contributed by atoms with Gasteiger partial charge in [0.1, 0.15) is 5.76 Å². The van der Waals surface area contributed by atoms with Crippen LogP contribution in [0.15, 0.2) is 35.6 Å². The molecule has 0 aliphatic heterocycles. The number of allylic oxidation sites excluding steroid dienone is 5. The molecule has 0 amide bonds. The SMILES string of the molecule is CCC1=C(OC)C=CC(C)(C)C=C1. The Kier molecular flexibility index (Phi) is 2.97. The molecule has 0 fully saturated rings. The highest BCUT2D eigenvalue weighted by atomic mass is 16.5. The van der Waals surface area contributed by atoms with Crippen LogP contribution in [0.4, 0.5) is 0 Å². The zero-order valence-electron chi connectivity index (χ0n) is 8.92. The second-order valence-electron chi connectivity index (χ2n) is 3.94. The van der Waals surface area contributed by atoms with E-state index < -0.39 is 0 Å². The minimum Gasteiger partial charge on any atom is -0.496 e. The summed E-state index contributed by atoms with van der Waals surface area (Å²) in [6, 6.07) is 0. The van der Waals surface area contributed by atoms with E-state index in [1.807, 2.05) is 0 Å². The first-order valence-electron chi connectivity index (χ1n) is 4.74. The standard InChI is InChI=1S/C12H18O/c1-5-10-6-8-12(2,3)9-7-11(10)13-4/h6-9H,5H2,1-4H3. The molecule has 0 heterocycles. The Morgan fingerprint density at radius 3 is 2.38 bits per heavy atom. The maximum atomic E-state index is 5.31. The van der Waals surface area contributed by atoms with E-state index >= 15 is 0 Å². The van der Waals surface area contributed by atoms with Crippen molar-refractivity contribution < 1.29 is 4.74 Å². The molecule has 1 rings (SSSR count). The van der Waals surface area contributed by atoms with E-state index in [9.17, 15) is 0 Å². The van der Waals surface area contributed by atoms with Gasteiger partial charge in [0.25, 0.3) is 0 Å². The largest absolute Gasteiger partial charge is 0.496 e. The number of hydrogen-bond acceptors (Lipinski definition) is 1. The molecule has 0 N–H and O–H groups in total. The third-order valence-electron chi connectivity index (χ3n) is 2.30. The zero-order chi connectivity index (χ0) is 9.90. The minimum atomic E-state index is 0.140. The number of rotatable bonds is 2. The van der Waals surface area contributed by atoms with E-state index in [1.165, 1.54) is 5.57 Å². The van der Waals surface area contributed by atoms with Crippen molar-refractivity contribution in [2.45, 2.75) is 27.2 Å². The molecule has 1 aliphatic rings. The lowest BCUT2D eigenvalue weighted by atomic mass is 9.93. The molecule has 0 unspecified atom stereocenters. The molecular weight excluding hydrogens is 160 g/mol. The Hall–Kier alpha value is -0.980. The maximum absolute atomic E-state index is 5.31. The van der Waals surface area contributed by atoms with Crippen LogP contribution >= 0.6 is 0 Å². The molecule has 0 saturated heterocycles. The lowest BCUT2D eigenvalue weighted by Gasteiger charge is -2.12. The van der Waals surface area contributed by atoms with E-state index in [4.69, 9.17) is 4.74 Å². The summed E-state index contributed by atoms with van der Waals surface area (Å²) in [4.78, 5) is 0. The molecule has 0 aromatic heterocycles. The van der Waals surface area contributed by atoms with E-state index in [0.717, 1.165) is 12.2 Å². The monoisotopic (exact) mass is 178 g/mol. The molecule has 0 atom stereocenters. The Bertz CT molecular complexity index is 241. The van der Waals surface area contributed by atoms with Crippen molar-refractivity contribution in [3.05, 3.63) is 35.6 Å². The quantitative estimate of drug-likeness (QED) is 0.629. The first-order chi connectivity index (χ1) is 6.09. The van der Waals surface area contributed by atoms with Gasteiger partial charge in [0.2, 0.25) is 0 Å². The summed E-state index contributed by atoms with van der Waals surface area (Å²) in [6.45, 7) is 6.52. The van der Waals surface area contributed by atoms with E-state index in [0.29, 0.717) is 0 Å². The fourth-order valence-corrected chi connectivity index (χ4v) is 1.34. The third kappa shape index (κ3) is 2.48. The molecule has 0 spiro atoms. The van der Waals surface area contributed by atoms with Crippen molar-refractivity contribution in [3.8, 4) is 0 Å². The average Bonchev–Trinajstić information content (AvgIpc) is 2.23. The second kappa shape index (κ2) is 3.82. The number of hydrogen-bond donors (Lipinski definition) is 0. The molecule has 1 nitrogen and oxygen atoms in total. The molecular formula is C12H18O. The summed E-state index contributed by atoms with van der Waals surface area (Å²) < 4.78 is 5.31. The van der Waals surface area contributed by atoms with Crippen molar-refractivity contribution in [2.75, 3.05) is 7.11 Å². The van der Waals surface area contributed by atoms with Gasteiger partial charge in [-0.1, -0.05) is 39.0 Å². The van der Waals surface area contributed by atoms with Crippen LogP contribution in [0.2, 0.25) is 0 Å². The van der Waals surface area contributed by atoms with Crippen LogP contribution in [-0.2, 0) is 4.74 Å². The molecule has 0 aromatic carbocycles. The van der Waals surface area contributed by atoms with E-state index in [2.05, 4.69) is 45.1 Å². The molecule has 1 aliphatic carbocycles. The fourth-order valence-electron chi connectivity index (χ4n) is 1.34. The first kappa shape index (κ1) is 10.1. The molecule has 13 heavy (non-hydrogen) atoms. The van der Waals surface area contributed by atoms with E-state index in [-0.39, 0.29) is 5.41 Å². The summed E-state index contributed by atoms with van der Waals surface area (Å²) in [6.07, 6.45) is 9.64. The van der Waals surface area contributed by atoms with Gasteiger partial charge in [-0.05, 0) is 18.1 Å². The van der Waals surface area contributed by atoms with Gasteiger partial charge in [-0.15, -0.1) is 0 Å². The molecule has 0 radical (unpaired) electrons. The summed E-state index contributed by atoms with van der Waals surface area (Å²) in [5.74, 6) is 0.990. The topological polar surface area (TPSA) is 9.23 Å². The summed E-state index contributed by atoms with van der Waals surface area (Å²) in [5, 5.41) is 0. The van der Waals surface area contributed by atoms with Crippen LogP contribution < -0.4 is 0 Å². The average molecular weight is 178 g/mol. The van der Waals surface area contributed by atoms with Crippen LogP contribution in [0, 0.1) is 5.41 Å². The van der Waals surface area contributed by atoms with Crippen molar-refractivity contribution in [2.24, 2.45) is 5.41 Å². The molecule has 1 heteroatoms. The molecule has 0 saturated carbocycles. The van der Waals surface area contributed by atoms with Crippen LogP contribution in [0.5, 0.6) is 0 Å². The van der Waals surface area contributed by atoms with Crippen molar-refractivity contribution >= 4 is 0 Å². The van der Waals surface area contributed by atoms with Crippen molar-refractivity contribution in [1.29, 1.82) is 0 Å². The van der Waals surface area contributed by atoms with Gasteiger partial charge >= 0.3 is 0 Å². The first-order valence-corrected chi connectivity index (χ1v) is 4.74. The van der Waals surface area contributed by atoms with Crippen LogP contribution in [0.25, 0.3) is 0 Å². The molecule has 72 valence electrons. The third-order valence-corrected chi connectivity index (χ3v) is 2.30. The zero-order valence-corrected chi connectivity index (χ0v) is 8.92. The Labute approximate surface area is 80.8 Å². The van der Waals surface area contributed by atoms with Gasteiger partial charge in [0, 0.05) is 5.41 Å². The Morgan fingerprint density at radius 2 is 1.85 bits per heavy atom. The predicted molar refractivity (Wildman–Crippen MR) is 56.4 cm³/mol. The lowest BCUT2D eigenvalue weighted by Crippen LogP contribution is -2.00. The van der Waals surface area contributed by atoms with E-state index in [1.54, 1.807) is 7.11 Å². The lowest BCUT2D eigenvalue weighted by molar-refractivity contribution is 0.302. The summed E-state index contributed by atoms with van der Waals surface area (Å²) >= 11 is 0. The van der Waals surface area contributed by atoms with Crippen LogP contribution in [-0.4, -0.2) is 7.11 Å². The van der Waals surface area contributed by atoms with Gasteiger partial charge in [-0.2, -0.15) is 0 Å². The van der Waals surface area contributed by atoms with Gasteiger partial charge in [0.05, 0.1) is 7.11 Å². The molecule has 0 aromatic rings. The molecule has 0 bridgehead atoms. The van der Waals surface area contributed by atoms with Crippen molar-refractivity contribution in [1.82, 2.24) is 0 Å². The minimum absolute atomic E-state index is 0.140.